The smallest absolute Gasteiger partial charge is 0.229 e. The molecule has 0 aliphatic carbocycles. The van der Waals surface area contributed by atoms with E-state index < -0.39 is 5.92 Å². The van der Waals surface area contributed by atoms with Crippen LogP contribution in [0.4, 0.5) is 5.69 Å². The summed E-state index contributed by atoms with van der Waals surface area (Å²) >= 11 is 0. The predicted octanol–water partition coefficient (Wildman–Crippen LogP) is -1.17. The zero-order valence-corrected chi connectivity index (χ0v) is 14.7. The zero-order valence-electron chi connectivity index (χ0n) is 14.7. The predicted molar refractivity (Wildman–Crippen MR) is 93.4 cm³/mol. The maximum absolute atomic E-state index is 12.7. The van der Waals surface area contributed by atoms with E-state index in [9.17, 15) is 9.59 Å². The van der Waals surface area contributed by atoms with Crippen molar-refractivity contribution in [3.8, 4) is 5.75 Å². The first-order valence-electron chi connectivity index (χ1n) is 8.61. The number of amides is 2. The number of tetrazole rings is 1. The number of carbonyl (C=O) groups excluding carboxylic acids is 2. The lowest BCUT2D eigenvalue weighted by Crippen LogP contribution is -2.43. The third-order valence-corrected chi connectivity index (χ3v) is 4.80. The van der Waals surface area contributed by atoms with Gasteiger partial charge >= 0.3 is 0 Å². The van der Waals surface area contributed by atoms with Crippen molar-refractivity contribution >= 4 is 17.5 Å². The number of anilines is 1. The molecule has 27 heavy (non-hydrogen) atoms. The van der Waals surface area contributed by atoms with E-state index in [0.29, 0.717) is 13.1 Å². The van der Waals surface area contributed by atoms with Crippen molar-refractivity contribution in [3.63, 3.8) is 0 Å². The van der Waals surface area contributed by atoms with Gasteiger partial charge in [0.15, 0.2) is 0 Å². The summed E-state index contributed by atoms with van der Waals surface area (Å²) in [6.45, 7) is 0.874. The molecule has 2 aliphatic rings. The van der Waals surface area contributed by atoms with Gasteiger partial charge in [-0.15, -0.1) is 5.10 Å². The SMILES string of the molecule is COc1ccc(N2CC(NC(=O)C3CNNC3n3cnnn3)CC2=O)cc1. The summed E-state index contributed by atoms with van der Waals surface area (Å²) in [5.74, 6) is 0.163. The van der Waals surface area contributed by atoms with E-state index >= 15 is 0 Å². The van der Waals surface area contributed by atoms with E-state index in [4.69, 9.17) is 4.74 Å². The molecular formula is C16H20N8O3. The molecule has 0 spiro atoms. The van der Waals surface area contributed by atoms with Crippen LogP contribution < -0.4 is 25.8 Å². The van der Waals surface area contributed by atoms with Gasteiger partial charge in [-0.25, -0.2) is 10.1 Å². The van der Waals surface area contributed by atoms with Crippen molar-refractivity contribution in [1.82, 2.24) is 36.4 Å². The Morgan fingerprint density at radius 1 is 1.33 bits per heavy atom. The molecule has 0 radical (unpaired) electrons. The maximum atomic E-state index is 12.7. The van der Waals surface area contributed by atoms with Crippen LogP contribution in [-0.2, 0) is 9.59 Å². The molecule has 4 rings (SSSR count). The molecule has 11 heteroatoms. The Bertz CT molecular complexity index is 810. The summed E-state index contributed by atoms with van der Waals surface area (Å²) in [4.78, 5) is 26.8. The molecule has 2 amide bonds. The third kappa shape index (κ3) is 3.46. The first-order valence-corrected chi connectivity index (χ1v) is 8.61. The lowest BCUT2D eigenvalue weighted by atomic mass is 10.1. The molecule has 11 nitrogen and oxygen atoms in total. The second-order valence-corrected chi connectivity index (χ2v) is 6.48. The number of benzene rings is 1. The van der Waals surface area contributed by atoms with Crippen LogP contribution in [-0.4, -0.2) is 58.3 Å². The Labute approximate surface area is 155 Å². The van der Waals surface area contributed by atoms with Gasteiger partial charge in [0, 0.05) is 25.2 Å². The average Bonchev–Trinajstić information content (AvgIpc) is 3.42. The Morgan fingerprint density at radius 3 is 2.85 bits per heavy atom. The maximum Gasteiger partial charge on any atom is 0.229 e. The highest BCUT2D eigenvalue weighted by molar-refractivity contribution is 5.97. The van der Waals surface area contributed by atoms with Gasteiger partial charge in [-0.05, 0) is 34.7 Å². The number of aromatic nitrogens is 4. The van der Waals surface area contributed by atoms with E-state index in [-0.39, 0.29) is 30.4 Å². The molecule has 142 valence electrons. The fraction of sp³-hybridized carbons (Fsp3) is 0.438. The van der Waals surface area contributed by atoms with Crippen molar-refractivity contribution in [1.29, 1.82) is 0 Å². The number of carbonyl (C=O) groups is 2. The van der Waals surface area contributed by atoms with E-state index in [2.05, 4.69) is 31.7 Å². The van der Waals surface area contributed by atoms with E-state index in [1.165, 1.54) is 11.0 Å². The molecule has 2 aromatic rings. The number of nitrogens with zero attached hydrogens (tertiary/aromatic N) is 5. The number of ether oxygens (including phenoxy) is 1. The van der Waals surface area contributed by atoms with Gasteiger partial charge < -0.3 is 15.0 Å². The summed E-state index contributed by atoms with van der Waals surface area (Å²) in [6, 6.07) is 7.03. The second-order valence-electron chi connectivity index (χ2n) is 6.48. The number of nitrogens with one attached hydrogen (secondary N) is 3. The Morgan fingerprint density at radius 2 is 2.15 bits per heavy atom. The van der Waals surface area contributed by atoms with E-state index in [1.54, 1.807) is 24.1 Å². The van der Waals surface area contributed by atoms with Crippen molar-refractivity contribution < 1.29 is 14.3 Å². The molecule has 1 aromatic carbocycles. The summed E-state index contributed by atoms with van der Waals surface area (Å²) in [6.07, 6.45) is 1.34. The molecule has 3 N–H and O–H groups in total. The second kappa shape index (κ2) is 7.29. The molecule has 0 bridgehead atoms. The van der Waals surface area contributed by atoms with Gasteiger partial charge in [0.1, 0.15) is 18.2 Å². The van der Waals surface area contributed by atoms with E-state index in [0.717, 1.165) is 11.4 Å². The number of hydrazine groups is 1. The van der Waals surface area contributed by atoms with Crippen molar-refractivity contribution in [3.05, 3.63) is 30.6 Å². The molecular weight excluding hydrogens is 352 g/mol. The molecule has 2 saturated heterocycles. The number of hydrogen-bond donors (Lipinski definition) is 3. The highest BCUT2D eigenvalue weighted by Crippen LogP contribution is 2.25. The van der Waals surface area contributed by atoms with Crippen LogP contribution in [0.2, 0.25) is 0 Å². The normalized spacial score (nSPS) is 25.0. The van der Waals surface area contributed by atoms with Crippen LogP contribution in [0, 0.1) is 5.92 Å². The highest BCUT2D eigenvalue weighted by atomic mass is 16.5. The minimum atomic E-state index is -0.390. The van der Waals surface area contributed by atoms with Crippen LogP contribution in [0.3, 0.4) is 0 Å². The highest BCUT2D eigenvalue weighted by Gasteiger charge is 2.38. The zero-order chi connectivity index (χ0) is 18.8. The summed E-state index contributed by atoms with van der Waals surface area (Å²) in [5.41, 5.74) is 6.73. The largest absolute Gasteiger partial charge is 0.497 e. The number of rotatable bonds is 5. The number of methoxy groups -OCH3 is 1. The first kappa shape index (κ1) is 17.4. The van der Waals surface area contributed by atoms with E-state index in [1.807, 2.05) is 12.1 Å². The monoisotopic (exact) mass is 372 g/mol. The van der Waals surface area contributed by atoms with Crippen LogP contribution >= 0.6 is 0 Å². The average molecular weight is 372 g/mol. The van der Waals surface area contributed by atoms with Crippen LogP contribution in [0.25, 0.3) is 0 Å². The van der Waals surface area contributed by atoms with Gasteiger partial charge in [0.25, 0.3) is 0 Å². The quantitative estimate of drug-likeness (QED) is 0.599. The third-order valence-electron chi connectivity index (χ3n) is 4.80. The summed E-state index contributed by atoms with van der Waals surface area (Å²) in [5, 5.41) is 14.0. The lowest BCUT2D eigenvalue weighted by molar-refractivity contribution is -0.126. The van der Waals surface area contributed by atoms with Crippen molar-refractivity contribution in [2.45, 2.75) is 18.6 Å². The number of hydrogen-bond acceptors (Lipinski definition) is 8. The Hall–Kier alpha value is -3.05. The molecule has 3 unspecified atom stereocenters. The topological polar surface area (TPSA) is 126 Å². The standard InChI is InChI=1S/C16H20N8O3/c1-27-12-4-2-11(3-5-12)23-8-10(6-14(23)25)19-16(26)13-7-17-20-15(13)24-9-18-21-22-24/h2-5,9-10,13,15,17,20H,6-8H2,1H3,(H,19,26). The van der Waals surface area contributed by atoms with Gasteiger partial charge in [-0.1, -0.05) is 0 Å². The van der Waals surface area contributed by atoms with Gasteiger partial charge in [0.2, 0.25) is 11.8 Å². The summed E-state index contributed by atoms with van der Waals surface area (Å²) < 4.78 is 6.64. The fourth-order valence-corrected chi connectivity index (χ4v) is 3.39. The van der Waals surface area contributed by atoms with Crippen LogP contribution in [0.15, 0.2) is 30.6 Å². The van der Waals surface area contributed by atoms with Crippen LogP contribution in [0.5, 0.6) is 5.75 Å². The fourth-order valence-electron chi connectivity index (χ4n) is 3.39. The molecule has 1 aromatic heterocycles. The molecule has 3 heterocycles. The van der Waals surface area contributed by atoms with Crippen LogP contribution in [0.1, 0.15) is 12.6 Å². The minimum Gasteiger partial charge on any atom is -0.497 e. The lowest BCUT2D eigenvalue weighted by Gasteiger charge is -2.20. The summed E-state index contributed by atoms with van der Waals surface area (Å²) in [7, 11) is 1.59. The van der Waals surface area contributed by atoms with Gasteiger partial charge in [-0.2, -0.15) is 0 Å². The molecule has 0 saturated carbocycles. The molecule has 2 fully saturated rings. The van der Waals surface area contributed by atoms with Crippen molar-refractivity contribution in [2.24, 2.45) is 5.92 Å². The molecule has 2 aliphatic heterocycles. The Balaban J connectivity index is 1.39. The van der Waals surface area contributed by atoms with Gasteiger partial charge in [-0.3, -0.25) is 15.0 Å². The molecule has 3 atom stereocenters. The van der Waals surface area contributed by atoms with Crippen molar-refractivity contribution in [2.75, 3.05) is 25.1 Å². The first-order chi connectivity index (χ1) is 13.2. The Kier molecular flexibility index (Phi) is 4.69. The van der Waals surface area contributed by atoms with Gasteiger partial charge in [0.05, 0.1) is 19.1 Å². The minimum absolute atomic E-state index is 0.0230.